The zero-order valence-electron chi connectivity index (χ0n) is 46.0. The highest BCUT2D eigenvalue weighted by Gasteiger charge is 2.19. The lowest BCUT2D eigenvalue weighted by Gasteiger charge is -2.18. The molecule has 0 aliphatic carbocycles. The summed E-state index contributed by atoms with van der Waals surface area (Å²) in [4.78, 5) is 38.1. The van der Waals surface area contributed by atoms with Crippen LogP contribution in [0, 0.1) is 0 Å². The van der Waals surface area contributed by atoms with Crippen molar-refractivity contribution < 1.29 is 28.6 Å². The van der Waals surface area contributed by atoms with Gasteiger partial charge in [-0.1, -0.05) is 273 Å². The molecule has 0 saturated carbocycles. The van der Waals surface area contributed by atoms with Gasteiger partial charge in [0, 0.05) is 19.3 Å². The molecule has 1 atom stereocenters. The van der Waals surface area contributed by atoms with Gasteiger partial charge >= 0.3 is 17.9 Å². The largest absolute Gasteiger partial charge is 0.462 e. The van der Waals surface area contributed by atoms with Crippen molar-refractivity contribution in [2.75, 3.05) is 13.2 Å². The summed E-state index contributed by atoms with van der Waals surface area (Å²) in [6.07, 6.45) is 75.9. The van der Waals surface area contributed by atoms with Gasteiger partial charge in [0.1, 0.15) is 13.2 Å². The average Bonchev–Trinajstić information content (AvgIpc) is 3.36. The maximum atomic E-state index is 12.8. The van der Waals surface area contributed by atoms with E-state index in [1.165, 1.54) is 135 Å². The van der Waals surface area contributed by atoms with Gasteiger partial charge in [0.25, 0.3) is 0 Å². The zero-order valence-corrected chi connectivity index (χ0v) is 46.0. The Bertz CT molecular complexity index is 1350. The Morgan fingerprint density at radius 3 is 0.871 bits per heavy atom. The van der Waals surface area contributed by atoms with E-state index in [1.807, 2.05) is 0 Å². The molecule has 0 radical (unpaired) electrons. The summed E-state index contributed by atoms with van der Waals surface area (Å²) in [5, 5.41) is 0. The molecule has 6 heteroatoms. The second-order valence-electron chi connectivity index (χ2n) is 19.5. The van der Waals surface area contributed by atoms with Crippen LogP contribution in [0.5, 0.6) is 0 Å². The van der Waals surface area contributed by atoms with Gasteiger partial charge in [-0.15, -0.1) is 0 Å². The number of rotatable bonds is 53. The van der Waals surface area contributed by atoms with Crippen LogP contribution in [0.2, 0.25) is 0 Å². The molecule has 0 aromatic heterocycles. The number of unbranched alkanes of at least 4 members (excludes halogenated alkanes) is 28. The fraction of sp³-hybridized carbons (Fsp3) is 0.734. The number of allylic oxidation sites excluding steroid dienone is 14. The monoisotopic (exact) mass is 975 g/mol. The average molecular weight is 976 g/mol. The lowest BCUT2D eigenvalue weighted by molar-refractivity contribution is -0.167. The number of hydrogen-bond donors (Lipinski definition) is 0. The van der Waals surface area contributed by atoms with Crippen LogP contribution in [0.4, 0.5) is 0 Å². The molecule has 0 saturated heterocycles. The third-order valence-corrected chi connectivity index (χ3v) is 12.7. The third kappa shape index (κ3) is 55.5. The third-order valence-electron chi connectivity index (χ3n) is 12.7. The molecule has 0 fully saturated rings. The predicted octanol–water partition coefficient (Wildman–Crippen LogP) is 19.9. The van der Waals surface area contributed by atoms with Gasteiger partial charge in [-0.2, -0.15) is 0 Å². The van der Waals surface area contributed by atoms with Crippen molar-refractivity contribution >= 4 is 17.9 Å². The lowest BCUT2D eigenvalue weighted by Crippen LogP contribution is -2.30. The minimum Gasteiger partial charge on any atom is -0.462 e. The first-order chi connectivity index (χ1) is 34.5. The number of esters is 3. The maximum absolute atomic E-state index is 12.8. The number of carbonyl (C=O) groups is 3. The molecule has 0 aliphatic rings. The van der Waals surface area contributed by atoms with Crippen LogP contribution in [0.3, 0.4) is 0 Å². The fourth-order valence-corrected chi connectivity index (χ4v) is 8.25. The Morgan fingerprint density at radius 2 is 0.557 bits per heavy atom. The summed E-state index contributed by atoms with van der Waals surface area (Å²) >= 11 is 0. The van der Waals surface area contributed by atoms with E-state index in [2.05, 4.69) is 106 Å². The summed E-state index contributed by atoms with van der Waals surface area (Å²) in [6, 6.07) is 0. The standard InChI is InChI=1S/C64H110O6/c1-4-7-10-13-16-19-21-23-25-27-29-30-31-32-33-34-35-37-38-40-42-45-48-51-54-57-63(66)69-60-61(59-68-62(65)56-53-50-47-44-18-15-12-9-6-3)70-64(67)58-55-52-49-46-43-41-39-36-28-26-24-22-20-17-14-11-8-5-2/h7,10,16,19,23,25,29-30,32-33,35,37,40,42,61H,4-6,8-9,11-15,17-18,20-22,24,26-28,31,34,36,38-39,41,43-60H2,1-3H3/b10-7-,19-16-,25-23-,30-29-,33-32-,37-35-,42-40-. The van der Waals surface area contributed by atoms with Crippen molar-refractivity contribution in [3.05, 3.63) is 85.1 Å². The minimum absolute atomic E-state index is 0.0840. The van der Waals surface area contributed by atoms with Gasteiger partial charge in [0.05, 0.1) is 0 Å². The van der Waals surface area contributed by atoms with Crippen molar-refractivity contribution in [2.24, 2.45) is 0 Å². The second kappa shape index (κ2) is 58.2. The van der Waals surface area contributed by atoms with E-state index in [4.69, 9.17) is 14.2 Å². The van der Waals surface area contributed by atoms with Crippen LogP contribution in [0.25, 0.3) is 0 Å². The molecule has 0 aromatic carbocycles. The molecule has 0 aromatic rings. The quantitative estimate of drug-likeness (QED) is 0.0261. The highest BCUT2D eigenvalue weighted by atomic mass is 16.6. The van der Waals surface area contributed by atoms with Gasteiger partial charge in [-0.25, -0.2) is 0 Å². The topological polar surface area (TPSA) is 78.9 Å². The molecule has 70 heavy (non-hydrogen) atoms. The maximum Gasteiger partial charge on any atom is 0.306 e. The first kappa shape index (κ1) is 66.6. The number of hydrogen-bond acceptors (Lipinski definition) is 6. The Balaban J connectivity index is 4.32. The van der Waals surface area contributed by atoms with E-state index in [-0.39, 0.29) is 31.1 Å². The van der Waals surface area contributed by atoms with Crippen molar-refractivity contribution in [3.63, 3.8) is 0 Å². The van der Waals surface area contributed by atoms with E-state index >= 15 is 0 Å². The van der Waals surface area contributed by atoms with Gasteiger partial charge < -0.3 is 14.2 Å². The van der Waals surface area contributed by atoms with E-state index in [0.717, 1.165) is 109 Å². The molecule has 0 heterocycles. The van der Waals surface area contributed by atoms with Crippen molar-refractivity contribution in [1.29, 1.82) is 0 Å². The van der Waals surface area contributed by atoms with Crippen LogP contribution in [-0.4, -0.2) is 37.2 Å². The molecule has 0 aliphatic heterocycles. The molecule has 1 unspecified atom stereocenters. The Kier molecular flexibility index (Phi) is 55.3. The van der Waals surface area contributed by atoms with Gasteiger partial charge in [0.2, 0.25) is 0 Å². The lowest BCUT2D eigenvalue weighted by atomic mass is 10.0. The van der Waals surface area contributed by atoms with Crippen LogP contribution in [0.1, 0.15) is 284 Å². The van der Waals surface area contributed by atoms with E-state index in [9.17, 15) is 14.4 Å². The molecule has 0 spiro atoms. The highest BCUT2D eigenvalue weighted by Crippen LogP contribution is 2.16. The molecule has 0 bridgehead atoms. The molecule has 402 valence electrons. The molecule has 0 rings (SSSR count). The molecule has 0 amide bonds. The Labute approximate surface area is 433 Å². The van der Waals surface area contributed by atoms with Crippen molar-refractivity contribution in [1.82, 2.24) is 0 Å². The smallest absolute Gasteiger partial charge is 0.306 e. The summed E-state index contributed by atoms with van der Waals surface area (Å²) in [6.45, 7) is 6.50. The summed E-state index contributed by atoms with van der Waals surface area (Å²) in [7, 11) is 0. The molecule has 0 N–H and O–H groups in total. The van der Waals surface area contributed by atoms with E-state index < -0.39 is 6.10 Å². The van der Waals surface area contributed by atoms with Crippen molar-refractivity contribution in [3.8, 4) is 0 Å². The van der Waals surface area contributed by atoms with Gasteiger partial charge in [-0.05, 0) is 77.0 Å². The molecular formula is C64H110O6. The van der Waals surface area contributed by atoms with Crippen LogP contribution in [0.15, 0.2) is 85.1 Å². The van der Waals surface area contributed by atoms with Crippen molar-refractivity contribution in [2.45, 2.75) is 290 Å². The normalized spacial score (nSPS) is 12.7. The second-order valence-corrected chi connectivity index (χ2v) is 19.5. The van der Waals surface area contributed by atoms with Crippen LogP contribution >= 0.6 is 0 Å². The fourth-order valence-electron chi connectivity index (χ4n) is 8.25. The van der Waals surface area contributed by atoms with E-state index in [1.54, 1.807) is 0 Å². The predicted molar refractivity (Wildman–Crippen MR) is 302 cm³/mol. The minimum atomic E-state index is -0.787. The summed E-state index contributed by atoms with van der Waals surface area (Å²) in [5.74, 6) is -0.912. The SMILES string of the molecule is CC/C=C\C/C=C\C/C=C\C/C=C\C/C=C\C/C=C\C/C=C\CCCCCC(=O)OCC(COC(=O)CCCCCCCCCCC)OC(=O)CCCCCCCCCCCCCCCCCCCC. The summed E-state index contributed by atoms with van der Waals surface area (Å²) in [5.41, 5.74) is 0. The van der Waals surface area contributed by atoms with Crippen LogP contribution in [-0.2, 0) is 28.6 Å². The van der Waals surface area contributed by atoms with Gasteiger partial charge in [-0.3, -0.25) is 14.4 Å². The molecule has 6 nitrogen and oxygen atoms in total. The Morgan fingerprint density at radius 1 is 0.300 bits per heavy atom. The first-order valence-corrected chi connectivity index (χ1v) is 29.6. The van der Waals surface area contributed by atoms with E-state index in [0.29, 0.717) is 19.3 Å². The van der Waals surface area contributed by atoms with Crippen LogP contribution < -0.4 is 0 Å². The number of ether oxygens (including phenoxy) is 3. The first-order valence-electron chi connectivity index (χ1n) is 29.6. The van der Waals surface area contributed by atoms with Gasteiger partial charge in [0.15, 0.2) is 6.10 Å². The zero-order chi connectivity index (χ0) is 50.7. The molecular weight excluding hydrogens is 865 g/mol. The summed E-state index contributed by atoms with van der Waals surface area (Å²) < 4.78 is 16.8. The Hall–Kier alpha value is -3.41. The number of carbonyl (C=O) groups excluding carboxylic acids is 3. The highest BCUT2D eigenvalue weighted by molar-refractivity contribution is 5.71.